The van der Waals surface area contributed by atoms with Gasteiger partial charge in [0.05, 0.1) is 13.2 Å². The second-order valence-electron chi connectivity index (χ2n) is 6.00. The number of fused-ring (bicyclic) bond motifs is 1. The van der Waals surface area contributed by atoms with Gasteiger partial charge in [0.1, 0.15) is 6.61 Å². The molecule has 25 heavy (non-hydrogen) atoms. The number of rotatable bonds is 3. The maximum absolute atomic E-state index is 12.4. The van der Waals surface area contributed by atoms with Crippen LogP contribution in [0.2, 0.25) is 0 Å². The second kappa shape index (κ2) is 7.03. The fourth-order valence-corrected chi connectivity index (χ4v) is 2.95. The number of amides is 1. The molecular formula is C19H20N2O4. The fourth-order valence-electron chi connectivity index (χ4n) is 2.95. The molecule has 0 aromatic heterocycles. The Bertz CT molecular complexity index is 741. The van der Waals surface area contributed by atoms with Crippen LogP contribution in [0.25, 0.3) is 0 Å². The lowest BCUT2D eigenvalue weighted by molar-refractivity contribution is -0.125. The van der Waals surface area contributed by atoms with Gasteiger partial charge < -0.3 is 24.4 Å². The predicted molar refractivity (Wildman–Crippen MR) is 94.5 cm³/mol. The summed E-state index contributed by atoms with van der Waals surface area (Å²) in [7, 11) is 0. The van der Waals surface area contributed by atoms with Crippen molar-refractivity contribution in [2.75, 3.05) is 43.1 Å². The molecule has 1 unspecified atom stereocenters. The number of carbonyl (C=O) groups is 1. The minimum Gasteiger partial charge on any atom is -0.485 e. The summed E-state index contributed by atoms with van der Waals surface area (Å²) in [5, 5.41) is 2.89. The van der Waals surface area contributed by atoms with E-state index in [-0.39, 0.29) is 12.5 Å². The molecule has 1 fully saturated rings. The van der Waals surface area contributed by atoms with Crippen LogP contribution in [0.4, 0.5) is 11.4 Å². The van der Waals surface area contributed by atoms with Crippen LogP contribution in [0.1, 0.15) is 0 Å². The van der Waals surface area contributed by atoms with Crippen molar-refractivity contribution in [3.8, 4) is 11.5 Å². The summed E-state index contributed by atoms with van der Waals surface area (Å²) in [4.78, 5) is 14.7. The van der Waals surface area contributed by atoms with E-state index in [1.165, 1.54) is 0 Å². The van der Waals surface area contributed by atoms with Crippen molar-refractivity contribution in [3.05, 3.63) is 48.5 Å². The van der Waals surface area contributed by atoms with Crippen LogP contribution in [-0.2, 0) is 9.53 Å². The van der Waals surface area contributed by atoms with Crippen molar-refractivity contribution >= 4 is 17.3 Å². The Balaban J connectivity index is 1.38. The van der Waals surface area contributed by atoms with E-state index in [4.69, 9.17) is 14.2 Å². The number of carbonyl (C=O) groups excluding carboxylic acids is 1. The second-order valence-corrected chi connectivity index (χ2v) is 6.00. The monoisotopic (exact) mass is 340 g/mol. The van der Waals surface area contributed by atoms with E-state index in [1.807, 2.05) is 42.5 Å². The first-order valence-corrected chi connectivity index (χ1v) is 8.42. The number of hydrogen-bond donors (Lipinski definition) is 1. The third kappa shape index (κ3) is 3.53. The Morgan fingerprint density at radius 3 is 2.48 bits per heavy atom. The minimum atomic E-state index is -0.659. The van der Waals surface area contributed by atoms with Crippen LogP contribution in [-0.4, -0.2) is 44.9 Å². The molecule has 1 amide bonds. The molecule has 2 heterocycles. The van der Waals surface area contributed by atoms with Gasteiger partial charge >= 0.3 is 0 Å². The van der Waals surface area contributed by atoms with Gasteiger partial charge in [-0.15, -0.1) is 0 Å². The maximum Gasteiger partial charge on any atom is 0.269 e. The van der Waals surface area contributed by atoms with E-state index < -0.39 is 6.10 Å². The molecule has 0 saturated carbocycles. The van der Waals surface area contributed by atoms with E-state index in [1.54, 1.807) is 6.07 Å². The molecule has 2 aliphatic heterocycles. The van der Waals surface area contributed by atoms with Gasteiger partial charge in [-0.1, -0.05) is 12.1 Å². The number of anilines is 2. The Labute approximate surface area is 146 Å². The fraction of sp³-hybridized carbons (Fsp3) is 0.316. The van der Waals surface area contributed by atoms with Crippen LogP contribution < -0.4 is 19.7 Å². The smallest absolute Gasteiger partial charge is 0.269 e. The molecule has 2 aliphatic rings. The number of nitrogens with one attached hydrogen (secondary N) is 1. The molecule has 1 atom stereocenters. The normalized spacial score (nSPS) is 19.4. The van der Waals surface area contributed by atoms with Crippen LogP contribution in [0.3, 0.4) is 0 Å². The summed E-state index contributed by atoms with van der Waals surface area (Å²) in [6, 6.07) is 15.2. The molecule has 0 aliphatic carbocycles. The first kappa shape index (κ1) is 15.8. The highest BCUT2D eigenvalue weighted by Crippen LogP contribution is 2.31. The van der Waals surface area contributed by atoms with Crippen LogP contribution in [0.15, 0.2) is 48.5 Å². The van der Waals surface area contributed by atoms with Gasteiger partial charge in [-0.05, 0) is 36.4 Å². The van der Waals surface area contributed by atoms with Gasteiger partial charge in [0.15, 0.2) is 11.5 Å². The first-order chi connectivity index (χ1) is 12.3. The van der Waals surface area contributed by atoms with Crippen LogP contribution >= 0.6 is 0 Å². The van der Waals surface area contributed by atoms with Crippen molar-refractivity contribution in [1.29, 1.82) is 0 Å². The summed E-state index contributed by atoms with van der Waals surface area (Å²) in [5.41, 5.74) is 1.87. The van der Waals surface area contributed by atoms with Crippen molar-refractivity contribution in [3.63, 3.8) is 0 Å². The lowest BCUT2D eigenvalue weighted by Crippen LogP contribution is -2.40. The molecule has 2 aromatic carbocycles. The van der Waals surface area contributed by atoms with E-state index in [0.29, 0.717) is 11.5 Å². The number of hydrogen-bond acceptors (Lipinski definition) is 5. The SMILES string of the molecule is O=C(Nc1ccc(N2CCOCC2)cc1)C1COc2ccccc2O1. The molecule has 6 nitrogen and oxygen atoms in total. The zero-order chi connectivity index (χ0) is 17.1. The van der Waals surface area contributed by atoms with E-state index >= 15 is 0 Å². The highest BCUT2D eigenvalue weighted by Gasteiger charge is 2.27. The van der Waals surface area contributed by atoms with Gasteiger partial charge in [0, 0.05) is 24.5 Å². The highest BCUT2D eigenvalue weighted by molar-refractivity contribution is 5.94. The molecule has 6 heteroatoms. The zero-order valence-electron chi connectivity index (χ0n) is 13.8. The summed E-state index contributed by atoms with van der Waals surface area (Å²) >= 11 is 0. The molecule has 0 spiro atoms. The Kier molecular flexibility index (Phi) is 4.43. The highest BCUT2D eigenvalue weighted by atomic mass is 16.6. The van der Waals surface area contributed by atoms with Crippen molar-refractivity contribution in [2.24, 2.45) is 0 Å². The number of ether oxygens (including phenoxy) is 3. The van der Waals surface area contributed by atoms with Crippen LogP contribution in [0.5, 0.6) is 11.5 Å². The Morgan fingerprint density at radius 1 is 1.00 bits per heavy atom. The molecule has 4 rings (SSSR count). The molecule has 1 saturated heterocycles. The summed E-state index contributed by atoms with van der Waals surface area (Å²) in [6.07, 6.45) is -0.659. The Morgan fingerprint density at radius 2 is 1.72 bits per heavy atom. The molecule has 2 aromatic rings. The summed E-state index contributed by atoms with van der Waals surface area (Å²) < 4.78 is 16.7. The predicted octanol–water partition coefficient (Wildman–Crippen LogP) is 2.30. The summed E-state index contributed by atoms with van der Waals surface area (Å²) in [5.74, 6) is 1.05. The quantitative estimate of drug-likeness (QED) is 0.929. The van der Waals surface area contributed by atoms with Gasteiger partial charge in [0.2, 0.25) is 6.10 Å². The first-order valence-electron chi connectivity index (χ1n) is 8.42. The number of nitrogens with zero attached hydrogens (tertiary/aromatic N) is 1. The number of morpholine rings is 1. The minimum absolute atomic E-state index is 0.203. The Hall–Kier alpha value is -2.73. The van der Waals surface area contributed by atoms with Gasteiger partial charge in [-0.2, -0.15) is 0 Å². The lowest BCUT2D eigenvalue weighted by atomic mass is 10.2. The van der Waals surface area contributed by atoms with Gasteiger partial charge in [0.25, 0.3) is 5.91 Å². The molecular weight excluding hydrogens is 320 g/mol. The third-order valence-corrected chi connectivity index (χ3v) is 4.31. The van der Waals surface area contributed by atoms with Crippen molar-refractivity contribution in [1.82, 2.24) is 0 Å². The zero-order valence-corrected chi connectivity index (χ0v) is 13.8. The van der Waals surface area contributed by atoms with Gasteiger partial charge in [-0.25, -0.2) is 0 Å². The molecule has 1 N–H and O–H groups in total. The number of benzene rings is 2. The average Bonchev–Trinajstić information content (AvgIpc) is 2.69. The van der Waals surface area contributed by atoms with Crippen molar-refractivity contribution < 1.29 is 19.0 Å². The largest absolute Gasteiger partial charge is 0.485 e. The van der Waals surface area contributed by atoms with E-state index in [0.717, 1.165) is 37.7 Å². The molecule has 0 radical (unpaired) electrons. The topological polar surface area (TPSA) is 60.0 Å². The lowest BCUT2D eigenvalue weighted by Gasteiger charge is -2.29. The average molecular weight is 340 g/mol. The van der Waals surface area contributed by atoms with E-state index in [9.17, 15) is 4.79 Å². The standard InChI is InChI=1S/C19H20N2O4/c22-19(18-13-24-16-3-1-2-4-17(16)25-18)20-14-5-7-15(8-6-14)21-9-11-23-12-10-21/h1-8,18H,9-13H2,(H,20,22). The van der Waals surface area contributed by atoms with Crippen LogP contribution in [0, 0.1) is 0 Å². The maximum atomic E-state index is 12.4. The third-order valence-electron chi connectivity index (χ3n) is 4.31. The summed E-state index contributed by atoms with van der Waals surface area (Å²) in [6.45, 7) is 3.48. The van der Waals surface area contributed by atoms with E-state index in [2.05, 4.69) is 10.2 Å². The number of para-hydroxylation sites is 2. The molecule has 0 bridgehead atoms. The van der Waals surface area contributed by atoms with Gasteiger partial charge in [-0.3, -0.25) is 4.79 Å². The molecule has 130 valence electrons. The van der Waals surface area contributed by atoms with Crippen molar-refractivity contribution in [2.45, 2.75) is 6.10 Å².